The number of benzene rings is 1. The van der Waals surface area contributed by atoms with Gasteiger partial charge in [0.15, 0.2) is 24.5 Å². The van der Waals surface area contributed by atoms with Crippen molar-refractivity contribution in [2.45, 2.75) is 77.6 Å². The van der Waals surface area contributed by atoms with Crippen molar-refractivity contribution < 1.29 is 47.7 Å². The summed E-state index contributed by atoms with van der Waals surface area (Å²) in [5, 5.41) is 0. The molecule has 1 aromatic carbocycles. The first-order chi connectivity index (χ1) is 18.0. The molecule has 208 valence electrons. The number of esters is 4. The highest BCUT2D eigenvalue weighted by molar-refractivity contribution is 5.87. The zero-order valence-electron chi connectivity index (χ0n) is 22.1. The van der Waals surface area contributed by atoms with E-state index in [0.29, 0.717) is 6.42 Å². The third kappa shape index (κ3) is 9.29. The Morgan fingerprint density at radius 1 is 0.842 bits per heavy atom. The lowest BCUT2D eigenvalue weighted by atomic mass is 9.96. The van der Waals surface area contributed by atoms with Crippen LogP contribution in [-0.2, 0) is 54.1 Å². The number of hydrogen-bond acceptors (Lipinski definition) is 10. The monoisotopic (exact) mass is 533 g/mol. The molecule has 0 N–H and O–H groups in total. The van der Waals surface area contributed by atoms with Crippen LogP contribution in [0.25, 0.3) is 0 Å². The van der Waals surface area contributed by atoms with Gasteiger partial charge in [0, 0.05) is 34.2 Å². The lowest BCUT2D eigenvalue weighted by Gasteiger charge is -2.47. The molecule has 1 saturated heterocycles. The van der Waals surface area contributed by atoms with Gasteiger partial charge < -0.3 is 28.6 Å². The van der Waals surface area contributed by atoms with Crippen LogP contribution in [0.2, 0.25) is 0 Å². The lowest BCUT2D eigenvalue weighted by molar-refractivity contribution is -0.275. The molecule has 0 spiro atoms. The predicted octanol–water partition coefficient (Wildman–Crippen LogP) is 2.11. The van der Waals surface area contributed by atoms with Crippen LogP contribution in [0, 0.1) is 0 Å². The quantitative estimate of drug-likeness (QED) is 0.170. The number of rotatable bonds is 12. The smallest absolute Gasteiger partial charge is 0.303 e. The second-order valence-electron chi connectivity index (χ2n) is 8.77. The Kier molecular flexibility index (Phi) is 11.9. The zero-order valence-corrected chi connectivity index (χ0v) is 22.1. The van der Waals surface area contributed by atoms with E-state index in [2.05, 4.69) is 6.58 Å². The average Bonchev–Trinajstić information content (AvgIpc) is 2.85. The van der Waals surface area contributed by atoms with Gasteiger partial charge in [-0.15, -0.1) is 0 Å². The molecule has 5 atom stereocenters. The molecule has 11 nitrogen and oxygen atoms in total. The van der Waals surface area contributed by atoms with Crippen LogP contribution >= 0.6 is 0 Å². The molecule has 0 unspecified atom stereocenters. The number of carbonyl (C=O) groups excluding carboxylic acids is 5. The van der Waals surface area contributed by atoms with Gasteiger partial charge in [-0.2, -0.15) is 0 Å². The van der Waals surface area contributed by atoms with Gasteiger partial charge in [0.2, 0.25) is 5.91 Å². The summed E-state index contributed by atoms with van der Waals surface area (Å²) in [6, 6.07) is 9.83. The van der Waals surface area contributed by atoms with Crippen molar-refractivity contribution in [2.24, 2.45) is 0 Å². The molecule has 0 aliphatic carbocycles. The molecule has 1 aromatic rings. The van der Waals surface area contributed by atoms with Crippen LogP contribution in [0.5, 0.6) is 0 Å². The Morgan fingerprint density at radius 2 is 1.42 bits per heavy atom. The Bertz CT molecular complexity index is 995. The van der Waals surface area contributed by atoms with E-state index < -0.39 is 60.4 Å². The largest absolute Gasteiger partial charge is 0.463 e. The molecule has 1 aliphatic rings. The van der Waals surface area contributed by atoms with Crippen LogP contribution in [0.4, 0.5) is 0 Å². The van der Waals surface area contributed by atoms with Gasteiger partial charge in [-0.25, -0.2) is 0 Å². The molecule has 0 radical (unpaired) electrons. The summed E-state index contributed by atoms with van der Waals surface area (Å²) < 4.78 is 27.5. The summed E-state index contributed by atoms with van der Waals surface area (Å²) in [5.74, 6) is -3.37. The zero-order chi connectivity index (χ0) is 28.2. The van der Waals surface area contributed by atoms with Crippen LogP contribution < -0.4 is 0 Å². The maximum Gasteiger partial charge on any atom is 0.303 e. The maximum absolute atomic E-state index is 13.0. The minimum absolute atomic E-state index is 0.186. The number of aryl methyl sites for hydroxylation is 1. The Labute approximate surface area is 222 Å². The van der Waals surface area contributed by atoms with Crippen molar-refractivity contribution >= 4 is 29.8 Å². The first-order valence-corrected chi connectivity index (χ1v) is 12.3. The van der Waals surface area contributed by atoms with Gasteiger partial charge in [-0.1, -0.05) is 36.9 Å². The number of amides is 1. The Morgan fingerprint density at radius 3 is 1.97 bits per heavy atom. The highest BCUT2D eigenvalue weighted by atomic mass is 16.7. The van der Waals surface area contributed by atoms with E-state index >= 15 is 0 Å². The van der Waals surface area contributed by atoms with Gasteiger partial charge >= 0.3 is 23.9 Å². The molecular formula is C27H35NO10. The molecule has 11 heteroatoms. The van der Waals surface area contributed by atoms with Crippen molar-refractivity contribution in [3.8, 4) is 0 Å². The summed E-state index contributed by atoms with van der Waals surface area (Å²) in [7, 11) is 0. The van der Waals surface area contributed by atoms with Gasteiger partial charge in [0.05, 0.1) is 0 Å². The van der Waals surface area contributed by atoms with E-state index in [1.807, 2.05) is 30.3 Å². The molecule has 0 aromatic heterocycles. The Hall–Kier alpha value is -3.73. The molecule has 2 rings (SSSR count). The molecule has 1 aliphatic heterocycles. The van der Waals surface area contributed by atoms with Crippen LogP contribution in [0.3, 0.4) is 0 Å². The number of nitrogens with zero attached hydrogens (tertiary/aromatic N) is 1. The fraction of sp³-hybridized carbons (Fsp3) is 0.519. The summed E-state index contributed by atoms with van der Waals surface area (Å²) in [4.78, 5) is 61.8. The van der Waals surface area contributed by atoms with Gasteiger partial charge in [-0.3, -0.25) is 24.0 Å². The fourth-order valence-corrected chi connectivity index (χ4v) is 4.19. The summed E-state index contributed by atoms with van der Waals surface area (Å²) in [6.45, 7) is 7.98. The van der Waals surface area contributed by atoms with Crippen molar-refractivity contribution in [1.82, 2.24) is 4.90 Å². The molecule has 1 fully saturated rings. The normalized spacial score (nSPS) is 22.5. The molecule has 0 saturated carbocycles. The SMILES string of the molecule is C=CC(=O)N(CCCCc1ccccc1)[C@@H]1O[C@H](COC(C)=O)[C@@H](OC(C)=O)[C@H](OC(C)=O)[C@H]1OC(C)=O. The van der Waals surface area contributed by atoms with Crippen molar-refractivity contribution in [3.05, 3.63) is 48.6 Å². The fourth-order valence-electron chi connectivity index (χ4n) is 4.19. The summed E-state index contributed by atoms with van der Waals surface area (Å²) in [5.41, 5.74) is 1.14. The number of ether oxygens (including phenoxy) is 5. The molecular weight excluding hydrogens is 498 g/mol. The van der Waals surface area contributed by atoms with E-state index in [0.717, 1.165) is 45.3 Å². The van der Waals surface area contributed by atoms with E-state index in [9.17, 15) is 24.0 Å². The second-order valence-corrected chi connectivity index (χ2v) is 8.77. The number of unbranched alkanes of at least 4 members (excludes halogenated alkanes) is 1. The highest BCUT2D eigenvalue weighted by Gasteiger charge is 2.54. The molecule has 1 heterocycles. The predicted molar refractivity (Wildman–Crippen MR) is 133 cm³/mol. The van der Waals surface area contributed by atoms with E-state index in [-0.39, 0.29) is 13.2 Å². The minimum atomic E-state index is -1.36. The minimum Gasteiger partial charge on any atom is -0.463 e. The molecule has 1 amide bonds. The topological polar surface area (TPSA) is 135 Å². The standard InChI is InChI=1S/C27H35NO10/c1-6-23(33)28(15-11-10-14-21-12-8-7-9-13-21)27-26(37-20(5)32)25(36-19(4)31)24(35-18(3)30)22(38-27)16-34-17(2)29/h6-9,12-13,22,24-27H,1,10-11,14-16H2,2-5H3/t22-,24-,25+,26-,27-/m1/s1. The summed E-state index contributed by atoms with van der Waals surface area (Å²) in [6.07, 6.45) is -3.27. The second kappa shape index (κ2) is 14.9. The van der Waals surface area contributed by atoms with Crippen LogP contribution in [-0.4, -0.2) is 78.5 Å². The number of carbonyl (C=O) groups is 5. The highest BCUT2D eigenvalue weighted by Crippen LogP contribution is 2.31. The molecule has 38 heavy (non-hydrogen) atoms. The number of hydrogen-bond donors (Lipinski definition) is 0. The van der Waals surface area contributed by atoms with E-state index in [1.165, 1.54) is 11.8 Å². The lowest BCUT2D eigenvalue weighted by Crippen LogP contribution is -2.66. The van der Waals surface area contributed by atoms with E-state index in [4.69, 9.17) is 23.7 Å². The van der Waals surface area contributed by atoms with Crippen molar-refractivity contribution in [1.29, 1.82) is 0 Å². The van der Waals surface area contributed by atoms with E-state index in [1.54, 1.807) is 0 Å². The van der Waals surface area contributed by atoms with Gasteiger partial charge in [0.1, 0.15) is 12.7 Å². The first-order valence-electron chi connectivity index (χ1n) is 12.3. The van der Waals surface area contributed by atoms with Crippen LogP contribution in [0.15, 0.2) is 43.0 Å². The Balaban J connectivity index is 2.41. The van der Waals surface area contributed by atoms with Crippen LogP contribution in [0.1, 0.15) is 46.1 Å². The van der Waals surface area contributed by atoms with Crippen molar-refractivity contribution in [2.75, 3.05) is 13.2 Å². The maximum atomic E-state index is 13.0. The van der Waals surface area contributed by atoms with Crippen molar-refractivity contribution in [3.63, 3.8) is 0 Å². The first kappa shape index (κ1) is 30.5. The average molecular weight is 534 g/mol. The third-order valence-corrected chi connectivity index (χ3v) is 5.69. The molecule has 0 bridgehead atoms. The van der Waals surface area contributed by atoms with Gasteiger partial charge in [0.25, 0.3) is 0 Å². The summed E-state index contributed by atoms with van der Waals surface area (Å²) >= 11 is 0. The van der Waals surface area contributed by atoms with Gasteiger partial charge in [-0.05, 0) is 30.9 Å². The third-order valence-electron chi connectivity index (χ3n) is 5.69.